The van der Waals surface area contributed by atoms with Gasteiger partial charge in [-0.25, -0.2) is 0 Å². The molecule has 7 heteroatoms. The first-order valence-corrected chi connectivity index (χ1v) is 7.20. The number of aliphatic carboxylic acids is 1. The summed E-state index contributed by atoms with van der Waals surface area (Å²) in [6, 6.07) is -0.559. The van der Waals surface area contributed by atoms with Crippen LogP contribution in [0.25, 0.3) is 0 Å². The highest BCUT2D eigenvalue weighted by Crippen LogP contribution is 2.07. The van der Waals surface area contributed by atoms with Gasteiger partial charge in [-0.15, -0.1) is 6.58 Å². The highest BCUT2D eigenvalue weighted by atomic mass is 31.0. The molecular weight excluding hydrogens is 287 g/mol. The van der Waals surface area contributed by atoms with Crippen LogP contribution in [0.15, 0.2) is 12.7 Å². The summed E-state index contributed by atoms with van der Waals surface area (Å²) >= 11 is 0. The first kappa shape index (κ1) is 22.2. The summed E-state index contributed by atoms with van der Waals surface area (Å²) in [7, 11) is 0. The van der Waals surface area contributed by atoms with Crippen LogP contribution < -0.4 is 16.4 Å². The molecule has 0 fully saturated rings. The van der Waals surface area contributed by atoms with Crippen molar-refractivity contribution in [3.05, 3.63) is 12.7 Å². The Morgan fingerprint density at radius 1 is 1.38 bits per heavy atom. The Bertz CT molecular complexity index is 313. The zero-order valence-electron chi connectivity index (χ0n) is 13.0. The van der Waals surface area contributed by atoms with Gasteiger partial charge in [-0.3, -0.25) is 15.5 Å². The van der Waals surface area contributed by atoms with Crippen LogP contribution in [0, 0.1) is 5.41 Å². The van der Waals surface area contributed by atoms with E-state index in [2.05, 4.69) is 24.1 Å². The molecule has 0 aliphatic heterocycles. The van der Waals surface area contributed by atoms with E-state index in [9.17, 15) is 9.90 Å². The molecule has 0 aliphatic carbocycles. The lowest BCUT2D eigenvalue weighted by Crippen LogP contribution is -2.43. The predicted octanol–water partition coefficient (Wildman–Crippen LogP) is 1.49. The van der Waals surface area contributed by atoms with Gasteiger partial charge in [0.25, 0.3) is 0 Å². The van der Waals surface area contributed by atoms with E-state index in [1.54, 1.807) is 6.08 Å². The number of hydrogen-bond acceptors (Lipinski definition) is 3. The van der Waals surface area contributed by atoms with Crippen LogP contribution in [0.2, 0.25) is 0 Å². The summed E-state index contributed by atoms with van der Waals surface area (Å²) in [5, 5.41) is 22.0. The van der Waals surface area contributed by atoms with Gasteiger partial charge in [-0.1, -0.05) is 32.3 Å². The number of nitrogens with two attached hydrogens (primary N) is 1. The van der Waals surface area contributed by atoms with E-state index in [4.69, 9.17) is 11.1 Å². The molecule has 0 saturated carbocycles. The van der Waals surface area contributed by atoms with Gasteiger partial charge in [0.2, 0.25) is 0 Å². The van der Waals surface area contributed by atoms with Crippen LogP contribution in [-0.2, 0) is 4.79 Å². The minimum atomic E-state index is -0.852. The second kappa shape index (κ2) is 13.8. The number of unbranched alkanes of at least 4 members (excludes halogenated alkanes) is 2. The van der Waals surface area contributed by atoms with Gasteiger partial charge >= 0.3 is 5.97 Å². The number of carbonyl (C=O) groups is 1. The molecule has 0 aromatic heterocycles. The normalized spacial score (nSPS) is 12.8. The highest BCUT2D eigenvalue weighted by Gasteiger charge is 2.19. The van der Waals surface area contributed by atoms with Crippen molar-refractivity contribution in [3.63, 3.8) is 0 Å². The summed E-state index contributed by atoms with van der Waals surface area (Å²) in [6.07, 6.45) is 7.18. The molecule has 6 N–H and O–H groups in total. The SMILES string of the molecule is C=CC(CCCCC)NC(CCCNC(=N)N)C(=O)O.P. The molecule has 6 nitrogen and oxygen atoms in total. The Balaban J connectivity index is 0. The van der Waals surface area contributed by atoms with Crippen molar-refractivity contribution in [2.24, 2.45) is 5.73 Å². The Morgan fingerprint density at radius 2 is 2.05 bits per heavy atom. The second-order valence-electron chi connectivity index (χ2n) is 4.88. The first-order valence-electron chi connectivity index (χ1n) is 7.20. The molecule has 3 atom stereocenters. The second-order valence-corrected chi connectivity index (χ2v) is 4.88. The Labute approximate surface area is 131 Å². The van der Waals surface area contributed by atoms with Crippen LogP contribution in [0.4, 0.5) is 0 Å². The highest BCUT2D eigenvalue weighted by molar-refractivity contribution is 6.92. The average molecular weight is 318 g/mol. The van der Waals surface area contributed by atoms with Gasteiger partial charge in [-0.2, -0.15) is 9.90 Å². The molecule has 0 aromatic carbocycles. The smallest absolute Gasteiger partial charge is 0.320 e. The zero-order valence-corrected chi connectivity index (χ0v) is 14.4. The summed E-state index contributed by atoms with van der Waals surface area (Å²) in [5.74, 6) is -0.941. The minimum Gasteiger partial charge on any atom is -0.480 e. The van der Waals surface area contributed by atoms with Crippen LogP contribution in [0.5, 0.6) is 0 Å². The molecule has 0 heterocycles. The molecule has 124 valence electrons. The van der Waals surface area contributed by atoms with Gasteiger partial charge < -0.3 is 16.2 Å². The number of rotatable bonds is 12. The van der Waals surface area contributed by atoms with E-state index in [1.165, 1.54) is 0 Å². The van der Waals surface area contributed by atoms with Crippen LogP contribution in [0.3, 0.4) is 0 Å². The molecule has 3 unspecified atom stereocenters. The average Bonchev–Trinajstić information content (AvgIpc) is 2.39. The molecule has 0 aliphatic rings. The van der Waals surface area contributed by atoms with Crippen molar-refractivity contribution in [1.29, 1.82) is 5.41 Å². The maximum atomic E-state index is 11.2. The fourth-order valence-corrected chi connectivity index (χ4v) is 1.95. The van der Waals surface area contributed by atoms with Crippen molar-refractivity contribution in [1.82, 2.24) is 10.6 Å². The van der Waals surface area contributed by atoms with E-state index in [0.717, 1.165) is 25.7 Å². The summed E-state index contributed by atoms with van der Waals surface area (Å²) in [5.41, 5.74) is 5.17. The summed E-state index contributed by atoms with van der Waals surface area (Å²) < 4.78 is 0. The third-order valence-corrected chi connectivity index (χ3v) is 3.10. The molecule has 0 spiro atoms. The van der Waals surface area contributed by atoms with Crippen molar-refractivity contribution in [2.45, 2.75) is 57.5 Å². The third-order valence-electron chi connectivity index (χ3n) is 3.10. The zero-order chi connectivity index (χ0) is 15.4. The monoisotopic (exact) mass is 318 g/mol. The molecule has 0 saturated heterocycles. The van der Waals surface area contributed by atoms with E-state index < -0.39 is 12.0 Å². The number of carboxylic acids is 1. The van der Waals surface area contributed by atoms with E-state index >= 15 is 0 Å². The molecule has 21 heavy (non-hydrogen) atoms. The van der Waals surface area contributed by atoms with Gasteiger partial charge in [-0.05, 0) is 19.3 Å². The lowest BCUT2D eigenvalue weighted by molar-refractivity contribution is -0.139. The third kappa shape index (κ3) is 12.3. The Hall–Kier alpha value is -1.13. The molecule has 0 rings (SSSR count). The first-order chi connectivity index (χ1) is 9.51. The van der Waals surface area contributed by atoms with E-state index in [1.807, 2.05) is 0 Å². The van der Waals surface area contributed by atoms with Gasteiger partial charge in [0, 0.05) is 12.6 Å². The molecular formula is C14H31N4O2P. The maximum Gasteiger partial charge on any atom is 0.320 e. The van der Waals surface area contributed by atoms with E-state index in [0.29, 0.717) is 19.4 Å². The Morgan fingerprint density at radius 3 is 2.52 bits per heavy atom. The number of guanidine groups is 1. The van der Waals surface area contributed by atoms with Crippen LogP contribution in [-0.4, -0.2) is 35.7 Å². The minimum absolute atomic E-state index is 0. The number of carboxylic acid groups (broad SMARTS) is 1. The molecule has 0 amide bonds. The molecule has 0 aromatic rings. The van der Waals surface area contributed by atoms with Crippen molar-refractivity contribution in [2.75, 3.05) is 6.54 Å². The van der Waals surface area contributed by atoms with Gasteiger partial charge in [0.1, 0.15) is 6.04 Å². The molecule has 0 bridgehead atoms. The van der Waals surface area contributed by atoms with Crippen LogP contribution >= 0.6 is 9.90 Å². The molecule has 0 radical (unpaired) electrons. The maximum absolute atomic E-state index is 11.2. The quantitative estimate of drug-likeness (QED) is 0.123. The van der Waals surface area contributed by atoms with Crippen molar-refractivity contribution >= 4 is 21.8 Å². The van der Waals surface area contributed by atoms with Gasteiger partial charge in [0.05, 0.1) is 0 Å². The largest absolute Gasteiger partial charge is 0.480 e. The number of hydrogen-bond donors (Lipinski definition) is 5. The fourth-order valence-electron chi connectivity index (χ4n) is 1.95. The fraction of sp³-hybridized carbons (Fsp3) is 0.714. The van der Waals surface area contributed by atoms with Crippen molar-refractivity contribution < 1.29 is 9.90 Å². The Kier molecular flexibility index (Phi) is 14.6. The van der Waals surface area contributed by atoms with Gasteiger partial charge in [0.15, 0.2) is 5.96 Å². The van der Waals surface area contributed by atoms with Crippen LogP contribution in [0.1, 0.15) is 45.4 Å². The number of nitrogens with one attached hydrogen (secondary N) is 3. The lowest BCUT2D eigenvalue weighted by Gasteiger charge is -2.21. The predicted molar refractivity (Wildman–Crippen MR) is 92.9 cm³/mol. The van der Waals surface area contributed by atoms with Crippen molar-refractivity contribution in [3.8, 4) is 0 Å². The summed E-state index contributed by atoms with van der Waals surface area (Å²) in [6.45, 7) is 6.41. The standard InChI is InChI=1S/C14H28N4O2.H3P/c1-3-5-6-8-11(4-2)18-12(13(19)20)9-7-10-17-14(15)16;/h4,11-12,18H,2-3,5-10H2,1H3,(H,19,20)(H4,15,16,17);1H3. The van der Waals surface area contributed by atoms with E-state index in [-0.39, 0.29) is 21.9 Å². The lowest BCUT2D eigenvalue weighted by atomic mass is 10.1. The summed E-state index contributed by atoms with van der Waals surface area (Å²) in [4.78, 5) is 11.2. The topological polar surface area (TPSA) is 111 Å².